The molecule has 0 unspecified atom stereocenters. The fraction of sp³-hybridized carbons (Fsp3) is 0.394. The van der Waals surface area contributed by atoms with Gasteiger partial charge in [0.15, 0.2) is 0 Å². The lowest BCUT2D eigenvalue weighted by Gasteiger charge is -2.27. The first-order chi connectivity index (χ1) is 20.6. The van der Waals surface area contributed by atoms with Crippen molar-refractivity contribution in [3.63, 3.8) is 0 Å². The normalized spacial score (nSPS) is 14.8. The van der Waals surface area contributed by atoms with Crippen molar-refractivity contribution >= 4 is 44.6 Å². The molecule has 5 rings (SSSR count). The second kappa shape index (κ2) is 12.7. The van der Waals surface area contributed by atoms with Gasteiger partial charge in [-0.2, -0.15) is 0 Å². The predicted octanol–water partition coefficient (Wildman–Crippen LogP) is 5.09. The summed E-state index contributed by atoms with van der Waals surface area (Å²) >= 11 is 1.49. The van der Waals surface area contributed by atoms with Crippen molar-refractivity contribution in [2.45, 2.75) is 47.2 Å². The summed E-state index contributed by atoms with van der Waals surface area (Å²) in [5, 5.41) is 3.00. The van der Waals surface area contributed by atoms with Gasteiger partial charge in [-0.05, 0) is 81.0 Å². The van der Waals surface area contributed by atoms with E-state index in [1.54, 1.807) is 43.1 Å². The van der Waals surface area contributed by atoms with Crippen LogP contribution < -0.4 is 20.1 Å². The predicted molar refractivity (Wildman–Crippen MR) is 172 cm³/mol. The molecule has 9 nitrogen and oxygen atoms in total. The van der Waals surface area contributed by atoms with Gasteiger partial charge in [-0.1, -0.05) is 0 Å². The minimum atomic E-state index is -1.15. The fourth-order valence-electron chi connectivity index (χ4n) is 5.66. The first kappa shape index (κ1) is 30.4. The zero-order valence-electron chi connectivity index (χ0n) is 25.5. The van der Waals surface area contributed by atoms with Crippen LogP contribution in [0.2, 0.25) is 0 Å². The first-order valence-corrected chi connectivity index (χ1v) is 15.5. The number of pyridine rings is 2. The van der Waals surface area contributed by atoms with E-state index >= 15 is 0 Å². The highest BCUT2D eigenvalue weighted by Gasteiger charge is 2.45. The molecule has 0 fully saturated rings. The molecular formula is C33H39N5O4S. The number of nitrogens with zero attached hydrogens (tertiary/aromatic N) is 5. The van der Waals surface area contributed by atoms with Crippen LogP contribution in [-0.4, -0.2) is 59.6 Å². The van der Waals surface area contributed by atoms with Crippen LogP contribution in [0.5, 0.6) is 5.75 Å². The summed E-state index contributed by atoms with van der Waals surface area (Å²) in [6, 6.07) is 11.6. The van der Waals surface area contributed by atoms with Crippen molar-refractivity contribution in [2.24, 2.45) is 5.41 Å². The number of carbonyl (C=O) groups excluding carboxylic acids is 2. The second-order valence-corrected chi connectivity index (χ2v) is 12.4. The lowest BCUT2D eigenvalue weighted by atomic mass is 9.90. The Hall–Kier alpha value is -4.02. The van der Waals surface area contributed by atoms with Crippen molar-refractivity contribution in [3.05, 3.63) is 81.8 Å². The van der Waals surface area contributed by atoms with Crippen LogP contribution in [-0.2, 0) is 22.7 Å². The van der Waals surface area contributed by atoms with E-state index in [1.165, 1.54) is 11.3 Å². The molecule has 0 bridgehead atoms. The molecule has 0 saturated carbocycles. The van der Waals surface area contributed by atoms with Gasteiger partial charge in [-0.25, -0.2) is 0 Å². The largest absolute Gasteiger partial charge is 0.493 e. The van der Waals surface area contributed by atoms with E-state index in [0.29, 0.717) is 43.4 Å². The molecule has 0 saturated heterocycles. The van der Waals surface area contributed by atoms with E-state index in [2.05, 4.69) is 9.88 Å². The Kier molecular flexibility index (Phi) is 8.98. The fourth-order valence-corrected chi connectivity index (χ4v) is 6.57. The van der Waals surface area contributed by atoms with Crippen LogP contribution in [0, 0.1) is 12.3 Å². The molecule has 3 aromatic heterocycles. The van der Waals surface area contributed by atoms with Crippen molar-refractivity contribution in [2.75, 3.05) is 43.1 Å². The molecular weight excluding hydrogens is 562 g/mol. The Balaban J connectivity index is 1.26. The van der Waals surface area contributed by atoms with Crippen molar-refractivity contribution < 1.29 is 14.3 Å². The maximum Gasteiger partial charge on any atom is 0.268 e. The molecule has 1 aliphatic rings. The highest BCUT2D eigenvalue weighted by molar-refractivity contribution is 7.17. The number of fused-ring (bicyclic) bond motifs is 2. The summed E-state index contributed by atoms with van der Waals surface area (Å²) < 4.78 is 8.78. The van der Waals surface area contributed by atoms with Crippen LogP contribution in [0.4, 0.5) is 11.4 Å². The van der Waals surface area contributed by atoms with Gasteiger partial charge < -0.3 is 19.1 Å². The Labute approximate surface area is 256 Å². The summed E-state index contributed by atoms with van der Waals surface area (Å²) in [5.74, 6) is 0.195. The number of thiophene rings is 1. The van der Waals surface area contributed by atoms with E-state index in [-0.39, 0.29) is 17.4 Å². The number of hydrogen-bond acceptors (Lipinski definition) is 7. The van der Waals surface area contributed by atoms with Crippen LogP contribution >= 0.6 is 11.3 Å². The molecule has 226 valence electrons. The van der Waals surface area contributed by atoms with Crippen LogP contribution in [0.3, 0.4) is 0 Å². The van der Waals surface area contributed by atoms with Gasteiger partial charge in [0.2, 0.25) is 11.8 Å². The van der Waals surface area contributed by atoms with E-state index in [0.717, 1.165) is 40.7 Å². The van der Waals surface area contributed by atoms with E-state index in [9.17, 15) is 14.4 Å². The third kappa shape index (κ3) is 6.21. The minimum absolute atomic E-state index is 0.0566. The average molecular weight is 602 g/mol. The number of anilines is 2. The Morgan fingerprint density at radius 3 is 2.51 bits per heavy atom. The molecule has 0 atom stereocenters. The zero-order chi connectivity index (χ0) is 30.7. The standard InChI is InChI=1S/C33H39N5O4S/c1-6-38-27-9-8-25(20-28(27)35(5)31(40)33(3,4)32(38)41)42-18-7-15-36(22-24-10-13-34-14-11-24)16-17-37-21-23(2)26-12-19-43-29(26)30(37)39/h8-14,19-21H,6-7,15-18,22H2,1-5H3. The second-order valence-electron chi connectivity index (χ2n) is 11.5. The number of ether oxygens (including phenoxy) is 1. The molecule has 43 heavy (non-hydrogen) atoms. The molecule has 2 amide bonds. The summed E-state index contributed by atoms with van der Waals surface area (Å²) in [5.41, 5.74) is 2.53. The molecule has 4 heterocycles. The number of aryl methyl sites for hydroxylation is 1. The Morgan fingerprint density at radius 1 is 1.00 bits per heavy atom. The van der Waals surface area contributed by atoms with E-state index in [1.807, 2.05) is 66.4 Å². The maximum atomic E-state index is 13.2. The summed E-state index contributed by atoms with van der Waals surface area (Å²) in [4.78, 5) is 49.1. The lowest BCUT2D eigenvalue weighted by Crippen LogP contribution is -2.47. The molecule has 0 spiro atoms. The van der Waals surface area contributed by atoms with Gasteiger partial charge in [-0.3, -0.25) is 24.3 Å². The molecule has 0 radical (unpaired) electrons. The van der Waals surface area contributed by atoms with Crippen molar-refractivity contribution in [1.82, 2.24) is 14.5 Å². The summed E-state index contributed by atoms with van der Waals surface area (Å²) in [6.07, 6.45) is 6.31. The average Bonchev–Trinajstić information content (AvgIpc) is 3.50. The van der Waals surface area contributed by atoms with Gasteiger partial charge in [0, 0.05) is 69.8 Å². The van der Waals surface area contributed by atoms with E-state index < -0.39 is 5.41 Å². The smallest absolute Gasteiger partial charge is 0.268 e. The first-order valence-electron chi connectivity index (χ1n) is 14.7. The SMILES string of the molecule is CCN1C(=O)C(C)(C)C(=O)N(C)c2cc(OCCCN(CCn3cc(C)c4ccsc4c3=O)Cc3ccncc3)ccc21. The van der Waals surface area contributed by atoms with Crippen LogP contribution in [0.25, 0.3) is 10.1 Å². The Bertz CT molecular complexity index is 1680. The molecule has 1 aromatic carbocycles. The Morgan fingerprint density at radius 2 is 1.77 bits per heavy atom. The highest BCUT2D eigenvalue weighted by Crippen LogP contribution is 2.40. The zero-order valence-corrected chi connectivity index (χ0v) is 26.3. The van der Waals surface area contributed by atoms with Crippen LogP contribution in [0.1, 0.15) is 38.3 Å². The monoisotopic (exact) mass is 601 g/mol. The molecule has 1 aliphatic heterocycles. The van der Waals surface area contributed by atoms with E-state index in [4.69, 9.17) is 4.74 Å². The number of amides is 2. The third-order valence-corrected chi connectivity index (χ3v) is 9.03. The molecule has 4 aromatic rings. The number of rotatable bonds is 11. The topological polar surface area (TPSA) is 88.0 Å². The highest BCUT2D eigenvalue weighted by atomic mass is 32.1. The number of benzene rings is 1. The summed E-state index contributed by atoms with van der Waals surface area (Å²) in [7, 11) is 1.71. The molecule has 0 aliphatic carbocycles. The minimum Gasteiger partial charge on any atom is -0.493 e. The van der Waals surface area contributed by atoms with Crippen molar-refractivity contribution in [1.29, 1.82) is 0 Å². The molecule has 10 heteroatoms. The number of hydrogen-bond donors (Lipinski definition) is 0. The number of aromatic nitrogens is 2. The van der Waals surface area contributed by atoms with Crippen LogP contribution in [0.15, 0.2) is 65.2 Å². The third-order valence-electron chi connectivity index (χ3n) is 8.13. The summed E-state index contributed by atoms with van der Waals surface area (Å²) in [6.45, 7) is 11.1. The van der Waals surface area contributed by atoms with Gasteiger partial charge in [-0.15, -0.1) is 11.3 Å². The maximum absolute atomic E-state index is 13.2. The van der Waals surface area contributed by atoms with Gasteiger partial charge in [0.25, 0.3) is 5.56 Å². The van der Waals surface area contributed by atoms with Gasteiger partial charge in [0.1, 0.15) is 11.2 Å². The van der Waals surface area contributed by atoms with Gasteiger partial charge >= 0.3 is 0 Å². The van der Waals surface area contributed by atoms with Gasteiger partial charge in [0.05, 0.1) is 22.7 Å². The molecule has 0 N–H and O–H groups in total. The quantitative estimate of drug-likeness (QED) is 0.176. The number of carbonyl (C=O) groups is 2. The van der Waals surface area contributed by atoms with Crippen molar-refractivity contribution in [3.8, 4) is 5.75 Å². The lowest BCUT2D eigenvalue weighted by molar-refractivity contribution is -0.137.